The van der Waals surface area contributed by atoms with E-state index in [0.29, 0.717) is 42.8 Å². The number of ketones is 1. The molecule has 0 saturated heterocycles. The Hall–Kier alpha value is -4.89. The third-order valence-corrected chi connectivity index (χ3v) is 8.75. The Morgan fingerprint density at radius 2 is 1.64 bits per heavy atom. The fourth-order valence-electron chi connectivity index (χ4n) is 5.66. The molecule has 1 heterocycles. The number of amides is 2. The summed E-state index contributed by atoms with van der Waals surface area (Å²) in [5.74, 6) is 0.640. The van der Waals surface area contributed by atoms with Gasteiger partial charge < -0.3 is 34.7 Å². The van der Waals surface area contributed by atoms with Crippen LogP contribution in [0.2, 0.25) is 0 Å². The van der Waals surface area contributed by atoms with Gasteiger partial charge in [0.2, 0.25) is 11.8 Å². The number of carboxylic acid groups (broad SMARTS) is 1. The van der Waals surface area contributed by atoms with Gasteiger partial charge in [0.1, 0.15) is 29.9 Å². The number of nitrogens with one attached hydrogen (secondary N) is 2. The van der Waals surface area contributed by atoms with Crippen LogP contribution >= 0.6 is 0 Å². The Balaban J connectivity index is 2.14. The molecule has 2 rings (SSSR count). The number of carboxylic acids is 1. The van der Waals surface area contributed by atoms with Crippen LogP contribution in [0.15, 0.2) is 59.2 Å². The van der Waals surface area contributed by atoms with Crippen LogP contribution in [0.1, 0.15) is 109 Å². The first-order valence-corrected chi connectivity index (χ1v) is 18.5. The summed E-state index contributed by atoms with van der Waals surface area (Å²) in [6, 6.07) is 8.78. The number of carbonyl (C=O) groups excluding carboxylic acids is 4. The van der Waals surface area contributed by atoms with Crippen molar-refractivity contribution in [3.05, 3.63) is 66.1 Å². The number of unbranched alkanes of at least 4 members (excludes halogenated alkanes) is 8. The average Bonchev–Trinajstić information content (AvgIpc) is 3.67. The molecule has 0 aliphatic rings. The van der Waals surface area contributed by atoms with Crippen LogP contribution in [0.25, 0.3) is 0 Å². The zero-order chi connectivity index (χ0) is 38.9. The van der Waals surface area contributed by atoms with Crippen molar-refractivity contribution < 1.29 is 48.1 Å². The first-order chi connectivity index (χ1) is 25.5. The lowest BCUT2D eigenvalue weighted by Crippen LogP contribution is -2.56. The molecule has 4 N–H and O–H groups in total. The number of methoxy groups -OCH3 is 1. The lowest BCUT2D eigenvalue weighted by molar-refractivity contribution is -0.169. The number of hydrogen-bond acceptors (Lipinski definition) is 9. The number of allylic oxidation sites excluding steroid dienone is 1. The van der Waals surface area contributed by atoms with Gasteiger partial charge in [0.15, 0.2) is 5.60 Å². The first-order valence-electron chi connectivity index (χ1n) is 18.5. The summed E-state index contributed by atoms with van der Waals surface area (Å²) in [5, 5.41) is 26.8. The number of Topliss-reactive ketones (excluding diaryl/α,β-unsaturated/α-hetero) is 1. The average molecular weight is 737 g/mol. The number of benzene rings is 1. The van der Waals surface area contributed by atoms with E-state index < -0.39 is 47.7 Å². The van der Waals surface area contributed by atoms with E-state index in [1.54, 1.807) is 49.4 Å². The van der Waals surface area contributed by atoms with Gasteiger partial charge in [-0.25, -0.2) is 9.59 Å². The second kappa shape index (κ2) is 25.1. The van der Waals surface area contributed by atoms with Crippen LogP contribution < -0.4 is 15.4 Å². The molecule has 2 aromatic rings. The Morgan fingerprint density at radius 1 is 0.962 bits per heavy atom. The predicted octanol–water partition coefficient (Wildman–Crippen LogP) is 5.85. The Labute approximate surface area is 313 Å². The number of esters is 1. The molecule has 3 atom stereocenters. The highest BCUT2D eigenvalue weighted by molar-refractivity contribution is 5.95. The summed E-state index contributed by atoms with van der Waals surface area (Å²) in [6.07, 6.45) is 13.6. The van der Waals surface area contributed by atoms with Crippen LogP contribution in [-0.4, -0.2) is 65.1 Å². The van der Waals surface area contributed by atoms with Gasteiger partial charge in [0.05, 0.1) is 32.3 Å². The zero-order valence-corrected chi connectivity index (χ0v) is 31.3. The van der Waals surface area contributed by atoms with Crippen molar-refractivity contribution in [2.24, 2.45) is 5.92 Å². The maximum atomic E-state index is 13.8. The van der Waals surface area contributed by atoms with Crippen molar-refractivity contribution in [3.8, 4) is 17.6 Å². The third kappa shape index (κ3) is 17.0. The molecule has 0 aliphatic carbocycles. The lowest BCUT2D eigenvalue weighted by Gasteiger charge is -2.30. The zero-order valence-electron chi connectivity index (χ0n) is 31.3. The van der Waals surface area contributed by atoms with Gasteiger partial charge in [0.25, 0.3) is 0 Å². The SMILES string of the molecule is CC#CCOc1ccc(C[C@H](NC(=O)[C@@H](C=CCCCCCCC(=O)CCCCCCC)[C@@](O)(CC(=O)NCc2ccco2)C(=O)O)C(=O)OC)cc1. The summed E-state index contributed by atoms with van der Waals surface area (Å²) in [6.45, 7) is 4.01. The van der Waals surface area contributed by atoms with Crippen LogP contribution in [-0.2, 0) is 41.7 Å². The van der Waals surface area contributed by atoms with Crippen molar-refractivity contribution in [1.29, 1.82) is 0 Å². The molecule has 0 aliphatic heterocycles. The van der Waals surface area contributed by atoms with E-state index >= 15 is 0 Å². The number of furan rings is 1. The molecule has 1 aromatic heterocycles. The van der Waals surface area contributed by atoms with Gasteiger partial charge in [-0.1, -0.05) is 75.7 Å². The molecule has 12 heteroatoms. The van der Waals surface area contributed by atoms with Crippen molar-refractivity contribution >= 4 is 29.5 Å². The normalized spacial score (nSPS) is 13.2. The predicted molar refractivity (Wildman–Crippen MR) is 200 cm³/mol. The monoisotopic (exact) mass is 736 g/mol. The van der Waals surface area contributed by atoms with Gasteiger partial charge in [-0.05, 0) is 62.4 Å². The number of ether oxygens (including phenoxy) is 2. The van der Waals surface area contributed by atoms with Gasteiger partial charge in [-0.3, -0.25) is 14.4 Å². The van der Waals surface area contributed by atoms with E-state index in [2.05, 4.69) is 29.4 Å². The quantitative estimate of drug-likeness (QED) is 0.0376. The summed E-state index contributed by atoms with van der Waals surface area (Å²) < 4.78 is 15.7. The number of aliphatic carboxylic acids is 1. The lowest BCUT2D eigenvalue weighted by atomic mass is 9.82. The standard InChI is InChI=1S/C41H56N2O10/c1-4-6-8-11-14-18-32(44)19-15-12-9-10-13-16-21-35(41(50,40(48)49)29-37(45)42-30-34-20-17-27-53-34)38(46)43-36(39(47)51-3)28-31-22-24-33(25-23-31)52-26-7-5-2/h16-17,20-25,27,35-36,50H,4,6,8-15,18-19,26,28-30H2,1-3H3,(H,42,45)(H,43,46)(H,48,49)/t35-,36+,41+/m1/s1. The molecular formula is C41H56N2O10. The second-order valence-electron chi connectivity index (χ2n) is 13.0. The van der Waals surface area contributed by atoms with Crippen LogP contribution in [0, 0.1) is 17.8 Å². The number of hydrogen-bond donors (Lipinski definition) is 4. The molecular weight excluding hydrogens is 680 g/mol. The van der Waals surface area contributed by atoms with Crippen molar-refractivity contribution in [3.63, 3.8) is 0 Å². The summed E-state index contributed by atoms with van der Waals surface area (Å²) in [4.78, 5) is 64.3. The van der Waals surface area contributed by atoms with Crippen LogP contribution in [0.5, 0.6) is 5.75 Å². The number of carbonyl (C=O) groups is 5. The van der Waals surface area contributed by atoms with Gasteiger partial charge in [0, 0.05) is 19.3 Å². The fraction of sp³-hybridized carbons (Fsp3) is 0.537. The van der Waals surface area contributed by atoms with E-state index in [9.17, 15) is 34.2 Å². The maximum Gasteiger partial charge on any atom is 0.337 e. The van der Waals surface area contributed by atoms with Crippen LogP contribution in [0.3, 0.4) is 0 Å². The smallest absolute Gasteiger partial charge is 0.337 e. The molecule has 0 unspecified atom stereocenters. The summed E-state index contributed by atoms with van der Waals surface area (Å²) >= 11 is 0. The molecule has 0 spiro atoms. The van der Waals surface area contributed by atoms with E-state index in [0.717, 1.165) is 45.6 Å². The van der Waals surface area contributed by atoms with E-state index in [4.69, 9.17) is 13.9 Å². The second-order valence-corrected chi connectivity index (χ2v) is 13.0. The Morgan fingerprint density at radius 3 is 2.25 bits per heavy atom. The topological polar surface area (TPSA) is 181 Å². The molecule has 2 amide bonds. The molecule has 1 aromatic carbocycles. The third-order valence-electron chi connectivity index (χ3n) is 8.75. The maximum absolute atomic E-state index is 13.8. The van der Waals surface area contributed by atoms with E-state index in [-0.39, 0.29) is 25.4 Å². The molecule has 0 bridgehead atoms. The molecule has 290 valence electrons. The minimum Gasteiger partial charge on any atom is -0.481 e. The minimum atomic E-state index is -2.87. The molecule has 0 fully saturated rings. The van der Waals surface area contributed by atoms with Crippen LogP contribution in [0.4, 0.5) is 0 Å². The Kier molecular flexibility index (Phi) is 21.0. The van der Waals surface area contributed by atoms with Gasteiger partial charge >= 0.3 is 11.9 Å². The largest absolute Gasteiger partial charge is 0.481 e. The fourth-order valence-corrected chi connectivity index (χ4v) is 5.66. The van der Waals surface area contributed by atoms with E-state index in [1.807, 2.05) is 0 Å². The van der Waals surface area contributed by atoms with Gasteiger partial charge in [-0.2, -0.15) is 0 Å². The number of aliphatic hydroxyl groups is 1. The highest BCUT2D eigenvalue weighted by atomic mass is 16.5. The molecule has 0 radical (unpaired) electrons. The van der Waals surface area contributed by atoms with Gasteiger partial charge in [-0.15, -0.1) is 5.92 Å². The minimum absolute atomic E-state index is 0.0135. The number of rotatable bonds is 27. The molecule has 53 heavy (non-hydrogen) atoms. The summed E-state index contributed by atoms with van der Waals surface area (Å²) in [7, 11) is 1.16. The Bertz CT molecular complexity index is 1510. The summed E-state index contributed by atoms with van der Waals surface area (Å²) in [5.41, 5.74) is -2.23. The molecule has 0 saturated carbocycles. The first kappa shape index (κ1) is 44.3. The molecule has 12 nitrogen and oxygen atoms in total. The van der Waals surface area contributed by atoms with Crippen molar-refractivity contribution in [2.45, 2.75) is 122 Å². The van der Waals surface area contributed by atoms with Crippen molar-refractivity contribution in [1.82, 2.24) is 10.6 Å². The van der Waals surface area contributed by atoms with Crippen molar-refractivity contribution in [2.75, 3.05) is 13.7 Å². The highest BCUT2D eigenvalue weighted by Crippen LogP contribution is 2.26. The van der Waals surface area contributed by atoms with E-state index in [1.165, 1.54) is 25.2 Å². The highest BCUT2D eigenvalue weighted by Gasteiger charge is 2.49.